The summed E-state index contributed by atoms with van der Waals surface area (Å²) in [5.74, 6) is 0.319. The van der Waals surface area contributed by atoms with Crippen LogP contribution in [0, 0.1) is 19.3 Å². The van der Waals surface area contributed by atoms with Crippen LogP contribution in [0.4, 0.5) is 0 Å². The molecule has 0 amide bonds. The summed E-state index contributed by atoms with van der Waals surface area (Å²) in [5, 5.41) is 21.0. The van der Waals surface area contributed by atoms with Gasteiger partial charge in [-0.3, -0.25) is 0 Å². The first-order chi connectivity index (χ1) is 12.9. The van der Waals surface area contributed by atoms with Crippen LogP contribution < -0.4 is 14.8 Å². The number of carbonyl (C=O) groups is 2. The fourth-order valence-electron chi connectivity index (χ4n) is 1.85. The molecule has 2 aromatic rings. The summed E-state index contributed by atoms with van der Waals surface area (Å²) in [6.45, 7) is 3.66. The van der Waals surface area contributed by atoms with Crippen molar-refractivity contribution in [1.29, 1.82) is 0 Å². The van der Waals surface area contributed by atoms with Crippen LogP contribution in [-0.2, 0) is 22.7 Å². The van der Waals surface area contributed by atoms with Crippen LogP contribution in [0.1, 0.15) is 16.3 Å². The number of carboxylic acid groups (broad SMARTS) is 2. The molecule has 27 heavy (non-hydrogen) atoms. The Kier molecular flexibility index (Phi) is 9.36. The number of nitrogens with zero attached hydrogens (tertiary/aromatic N) is 1. The Balaban J connectivity index is 0.000000527. The first-order valence-corrected chi connectivity index (χ1v) is 8.56. The Morgan fingerprint density at radius 1 is 1.30 bits per heavy atom. The van der Waals surface area contributed by atoms with Crippen molar-refractivity contribution in [1.82, 2.24) is 10.3 Å². The van der Waals surface area contributed by atoms with E-state index in [-0.39, 0.29) is 0 Å². The number of benzene rings is 1. The minimum Gasteiger partial charge on any atom is -0.493 e. The molecule has 8 nitrogen and oxygen atoms in total. The highest BCUT2D eigenvalue weighted by atomic mass is 32.1. The molecule has 0 spiro atoms. The number of ether oxygens (including phenoxy) is 2. The van der Waals surface area contributed by atoms with Gasteiger partial charge in [0.2, 0.25) is 0 Å². The second kappa shape index (κ2) is 11.5. The Labute approximate surface area is 160 Å². The molecule has 0 aliphatic rings. The summed E-state index contributed by atoms with van der Waals surface area (Å²) < 4.78 is 11.1. The van der Waals surface area contributed by atoms with E-state index in [1.165, 1.54) is 0 Å². The lowest BCUT2D eigenvalue weighted by Crippen LogP contribution is -2.13. The van der Waals surface area contributed by atoms with Gasteiger partial charge in [-0.05, 0) is 24.6 Å². The van der Waals surface area contributed by atoms with Crippen molar-refractivity contribution in [2.45, 2.75) is 20.1 Å². The average molecular weight is 392 g/mol. The van der Waals surface area contributed by atoms with Gasteiger partial charge < -0.3 is 25.0 Å². The second-order valence-electron chi connectivity index (χ2n) is 5.05. The number of terminal acetylenes is 1. The molecular formula is C18H20N2O6S. The molecule has 1 aromatic carbocycles. The van der Waals surface area contributed by atoms with Gasteiger partial charge >= 0.3 is 11.9 Å². The summed E-state index contributed by atoms with van der Waals surface area (Å²) in [5.41, 5.74) is 2.03. The van der Waals surface area contributed by atoms with Gasteiger partial charge in [0.1, 0.15) is 6.61 Å². The lowest BCUT2D eigenvalue weighted by atomic mass is 10.2. The molecule has 0 aliphatic heterocycles. The summed E-state index contributed by atoms with van der Waals surface area (Å²) in [6.07, 6.45) is 5.21. The first-order valence-electron chi connectivity index (χ1n) is 7.68. The van der Waals surface area contributed by atoms with Gasteiger partial charge in [-0.15, -0.1) is 17.8 Å². The van der Waals surface area contributed by atoms with Crippen molar-refractivity contribution in [2.75, 3.05) is 13.7 Å². The van der Waals surface area contributed by atoms with Crippen LogP contribution in [-0.4, -0.2) is 40.8 Å². The number of nitrogens with one attached hydrogen (secondary N) is 1. The number of hydrogen-bond donors (Lipinski definition) is 3. The molecule has 0 radical (unpaired) electrons. The molecule has 0 saturated carbocycles. The van der Waals surface area contributed by atoms with Crippen molar-refractivity contribution in [3.63, 3.8) is 0 Å². The van der Waals surface area contributed by atoms with Crippen molar-refractivity contribution in [3.05, 3.63) is 39.8 Å². The molecule has 0 unspecified atom stereocenters. The van der Waals surface area contributed by atoms with Gasteiger partial charge in [0.15, 0.2) is 11.5 Å². The van der Waals surface area contributed by atoms with E-state index in [2.05, 4.69) is 16.2 Å². The highest BCUT2D eigenvalue weighted by Crippen LogP contribution is 2.29. The minimum atomic E-state index is -1.82. The number of aliphatic carboxylic acids is 2. The van der Waals surface area contributed by atoms with Gasteiger partial charge in [-0.2, -0.15) is 0 Å². The summed E-state index contributed by atoms with van der Waals surface area (Å²) in [7, 11) is 1.63. The van der Waals surface area contributed by atoms with Crippen LogP contribution in [0.5, 0.6) is 11.5 Å². The molecule has 1 aromatic heterocycles. The van der Waals surface area contributed by atoms with E-state index >= 15 is 0 Å². The standard InChI is InChI=1S/C16H18N2O2S.C2H2O4/c1-4-7-17-9-13-5-6-15(16(8-13)19-3)20-10-14-11-21-12(2)18-14;3-1(4)2(5)6/h1,5-6,8,11,17H,7,9-10H2,2-3H3;(H,3,4)(H,5,6). The van der Waals surface area contributed by atoms with Crippen molar-refractivity contribution >= 4 is 23.3 Å². The molecule has 2 rings (SSSR count). The zero-order valence-corrected chi connectivity index (χ0v) is 15.7. The van der Waals surface area contributed by atoms with Crippen molar-refractivity contribution in [3.8, 4) is 23.8 Å². The maximum absolute atomic E-state index is 9.10. The normalized spacial score (nSPS) is 9.52. The third-order valence-electron chi connectivity index (χ3n) is 3.01. The van der Waals surface area contributed by atoms with E-state index in [1.807, 2.05) is 30.5 Å². The number of aromatic nitrogens is 1. The summed E-state index contributed by atoms with van der Waals surface area (Å²) in [6, 6.07) is 5.85. The van der Waals surface area contributed by atoms with Gasteiger partial charge in [0.05, 0.1) is 24.4 Å². The van der Waals surface area contributed by atoms with Gasteiger partial charge in [-0.25, -0.2) is 14.6 Å². The SMILES string of the molecule is C#CCNCc1ccc(OCc2csc(C)n2)c(OC)c1.O=C(O)C(=O)O. The fourth-order valence-corrected chi connectivity index (χ4v) is 2.44. The largest absolute Gasteiger partial charge is 0.493 e. The van der Waals surface area contributed by atoms with Crippen LogP contribution >= 0.6 is 11.3 Å². The van der Waals surface area contributed by atoms with E-state index < -0.39 is 11.9 Å². The molecule has 0 aliphatic carbocycles. The van der Waals surface area contributed by atoms with E-state index in [1.54, 1.807) is 18.4 Å². The molecule has 0 atom stereocenters. The maximum Gasteiger partial charge on any atom is 0.414 e. The topological polar surface area (TPSA) is 118 Å². The average Bonchev–Trinajstić information content (AvgIpc) is 3.06. The number of hydrogen-bond acceptors (Lipinski definition) is 7. The predicted octanol–water partition coefficient (Wildman–Crippen LogP) is 1.92. The molecule has 0 bridgehead atoms. The highest BCUT2D eigenvalue weighted by molar-refractivity contribution is 7.09. The Morgan fingerprint density at radius 3 is 2.52 bits per heavy atom. The Morgan fingerprint density at radius 2 is 2.00 bits per heavy atom. The van der Waals surface area contributed by atoms with Crippen molar-refractivity contribution < 1.29 is 29.3 Å². The summed E-state index contributed by atoms with van der Waals surface area (Å²) >= 11 is 1.62. The number of thiazole rings is 1. The number of carboxylic acids is 2. The molecular weight excluding hydrogens is 372 g/mol. The highest BCUT2D eigenvalue weighted by Gasteiger charge is 2.07. The zero-order chi connectivity index (χ0) is 20.2. The van der Waals surface area contributed by atoms with Crippen LogP contribution in [0.25, 0.3) is 0 Å². The zero-order valence-electron chi connectivity index (χ0n) is 14.9. The monoisotopic (exact) mass is 392 g/mol. The first kappa shape index (κ1) is 22.0. The maximum atomic E-state index is 9.10. The molecule has 3 N–H and O–H groups in total. The van der Waals surface area contributed by atoms with Gasteiger partial charge in [0, 0.05) is 11.9 Å². The number of aryl methyl sites for hydroxylation is 1. The van der Waals surface area contributed by atoms with Gasteiger partial charge in [0.25, 0.3) is 0 Å². The van der Waals surface area contributed by atoms with Gasteiger partial charge in [-0.1, -0.05) is 12.0 Å². The van der Waals surface area contributed by atoms with Crippen LogP contribution in [0.15, 0.2) is 23.6 Å². The lowest BCUT2D eigenvalue weighted by molar-refractivity contribution is -0.159. The number of rotatable bonds is 7. The second-order valence-corrected chi connectivity index (χ2v) is 6.11. The quantitative estimate of drug-likeness (QED) is 0.372. The smallest absolute Gasteiger partial charge is 0.414 e. The third kappa shape index (κ3) is 8.22. The molecule has 1 heterocycles. The van der Waals surface area contributed by atoms with Crippen LogP contribution in [0.2, 0.25) is 0 Å². The number of methoxy groups -OCH3 is 1. The third-order valence-corrected chi connectivity index (χ3v) is 3.83. The molecule has 144 valence electrons. The Bertz CT molecular complexity index is 800. The Hall–Kier alpha value is -3.09. The predicted molar refractivity (Wildman–Crippen MR) is 100.0 cm³/mol. The lowest BCUT2D eigenvalue weighted by Gasteiger charge is -2.11. The summed E-state index contributed by atoms with van der Waals surface area (Å²) in [4.78, 5) is 22.6. The molecule has 0 saturated heterocycles. The fraction of sp³-hybridized carbons (Fsp3) is 0.278. The van der Waals surface area contributed by atoms with Crippen LogP contribution in [0.3, 0.4) is 0 Å². The van der Waals surface area contributed by atoms with E-state index in [4.69, 9.17) is 35.7 Å². The van der Waals surface area contributed by atoms with E-state index in [0.29, 0.717) is 31.2 Å². The van der Waals surface area contributed by atoms with E-state index in [9.17, 15) is 0 Å². The van der Waals surface area contributed by atoms with E-state index in [0.717, 1.165) is 16.3 Å². The van der Waals surface area contributed by atoms with Crippen molar-refractivity contribution in [2.24, 2.45) is 0 Å². The minimum absolute atomic E-state index is 0.440. The molecule has 9 heteroatoms. The molecule has 0 fully saturated rings.